The number of carbonyl (C=O) groups is 2. The van der Waals surface area contributed by atoms with Gasteiger partial charge in [-0.15, -0.1) is 0 Å². The van der Waals surface area contributed by atoms with Gasteiger partial charge >= 0.3 is 0 Å². The molecule has 0 radical (unpaired) electrons. The van der Waals surface area contributed by atoms with Crippen LogP contribution in [0.25, 0.3) is 10.9 Å². The van der Waals surface area contributed by atoms with Crippen LogP contribution in [0.15, 0.2) is 30.3 Å². The largest absolute Gasteiger partial charge is 0.326 e. The second-order valence-corrected chi connectivity index (χ2v) is 3.66. The van der Waals surface area contributed by atoms with Crippen LogP contribution in [0.1, 0.15) is 23.8 Å². The van der Waals surface area contributed by atoms with Crippen molar-refractivity contribution in [3.63, 3.8) is 0 Å². The van der Waals surface area contributed by atoms with Crippen LogP contribution in [0.5, 0.6) is 0 Å². The van der Waals surface area contributed by atoms with Crippen LogP contribution in [-0.2, 0) is 4.79 Å². The van der Waals surface area contributed by atoms with E-state index in [4.69, 9.17) is 0 Å². The van der Waals surface area contributed by atoms with Gasteiger partial charge < -0.3 is 5.32 Å². The van der Waals surface area contributed by atoms with E-state index in [0.717, 1.165) is 16.6 Å². The lowest BCUT2D eigenvalue weighted by Gasteiger charge is -2.05. The highest BCUT2D eigenvalue weighted by atomic mass is 16.1. The summed E-state index contributed by atoms with van der Waals surface area (Å²) < 4.78 is 0. The Kier molecular flexibility index (Phi) is 3.14. The molecule has 0 saturated carbocycles. The maximum atomic E-state index is 11.2. The van der Waals surface area contributed by atoms with E-state index in [1.165, 1.54) is 0 Å². The van der Waals surface area contributed by atoms with E-state index in [9.17, 15) is 9.59 Å². The molecule has 0 bridgehead atoms. The van der Waals surface area contributed by atoms with Gasteiger partial charge in [0.1, 0.15) is 5.69 Å². The second kappa shape index (κ2) is 4.74. The van der Waals surface area contributed by atoms with E-state index in [0.29, 0.717) is 18.4 Å². The standard InChI is InChI=1S/C13H12N2O2/c1-2-13(17)15-10-5-6-12-9(7-10)3-4-11(8-16)14-12/h3-8H,2H2,1H3,(H,15,17). The third kappa shape index (κ3) is 2.47. The zero-order valence-corrected chi connectivity index (χ0v) is 9.43. The molecule has 86 valence electrons. The molecule has 0 fully saturated rings. The lowest BCUT2D eigenvalue weighted by molar-refractivity contribution is -0.115. The number of amides is 1. The Morgan fingerprint density at radius 1 is 1.35 bits per heavy atom. The van der Waals surface area contributed by atoms with Crippen LogP contribution in [0.4, 0.5) is 5.69 Å². The number of hydrogen-bond acceptors (Lipinski definition) is 3. The monoisotopic (exact) mass is 228 g/mol. The fourth-order valence-electron chi connectivity index (χ4n) is 1.53. The van der Waals surface area contributed by atoms with Crippen LogP contribution >= 0.6 is 0 Å². The normalized spacial score (nSPS) is 10.2. The van der Waals surface area contributed by atoms with Crippen LogP contribution in [0.3, 0.4) is 0 Å². The Balaban J connectivity index is 2.37. The van der Waals surface area contributed by atoms with Gasteiger partial charge in [0.15, 0.2) is 6.29 Å². The lowest BCUT2D eigenvalue weighted by Crippen LogP contribution is -2.09. The van der Waals surface area contributed by atoms with Crippen molar-refractivity contribution in [3.05, 3.63) is 36.0 Å². The minimum Gasteiger partial charge on any atom is -0.326 e. The van der Waals surface area contributed by atoms with Crippen LogP contribution in [0, 0.1) is 0 Å². The molecule has 1 N–H and O–H groups in total. The summed E-state index contributed by atoms with van der Waals surface area (Å²) in [6.07, 6.45) is 1.16. The Morgan fingerprint density at radius 3 is 2.88 bits per heavy atom. The van der Waals surface area contributed by atoms with Crippen molar-refractivity contribution in [2.45, 2.75) is 13.3 Å². The fraction of sp³-hybridized carbons (Fsp3) is 0.154. The quantitative estimate of drug-likeness (QED) is 0.820. The van der Waals surface area contributed by atoms with Crippen LogP contribution in [0.2, 0.25) is 0 Å². The Hall–Kier alpha value is -2.23. The van der Waals surface area contributed by atoms with Gasteiger partial charge in [0.05, 0.1) is 5.52 Å². The summed E-state index contributed by atoms with van der Waals surface area (Å²) in [5, 5.41) is 3.67. The number of aromatic nitrogens is 1. The van der Waals surface area contributed by atoms with Gasteiger partial charge in [-0.3, -0.25) is 9.59 Å². The van der Waals surface area contributed by atoms with E-state index in [1.54, 1.807) is 25.1 Å². The summed E-state index contributed by atoms with van der Waals surface area (Å²) in [6, 6.07) is 8.87. The van der Waals surface area contributed by atoms with E-state index in [1.807, 2.05) is 12.1 Å². The molecule has 4 nitrogen and oxygen atoms in total. The summed E-state index contributed by atoms with van der Waals surface area (Å²) in [7, 11) is 0. The van der Waals surface area contributed by atoms with E-state index in [-0.39, 0.29) is 5.91 Å². The molecule has 0 saturated heterocycles. The molecule has 0 atom stereocenters. The van der Waals surface area contributed by atoms with Crippen LogP contribution < -0.4 is 5.32 Å². The number of aldehydes is 1. The smallest absolute Gasteiger partial charge is 0.224 e. The molecule has 4 heteroatoms. The van der Waals surface area contributed by atoms with Gasteiger partial charge in [-0.25, -0.2) is 4.98 Å². The SMILES string of the molecule is CCC(=O)Nc1ccc2nc(C=O)ccc2c1. The third-order valence-electron chi connectivity index (χ3n) is 2.44. The summed E-state index contributed by atoms with van der Waals surface area (Å²) in [5.74, 6) is -0.0261. The number of fused-ring (bicyclic) bond motifs is 1. The molecular weight excluding hydrogens is 216 g/mol. The van der Waals surface area contributed by atoms with E-state index >= 15 is 0 Å². The highest BCUT2D eigenvalue weighted by Crippen LogP contribution is 2.18. The third-order valence-corrected chi connectivity index (χ3v) is 2.44. The first-order valence-corrected chi connectivity index (χ1v) is 5.39. The Bertz CT molecular complexity index is 579. The highest BCUT2D eigenvalue weighted by Gasteiger charge is 2.02. The molecule has 1 aromatic heterocycles. The number of benzene rings is 1. The van der Waals surface area contributed by atoms with Crippen molar-refractivity contribution >= 4 is 28.8 Å². The molecule has 0 aliphatic carbocycles. The molecule has 0 spiro atoms. The maximum absolute atomic E-state index is 11.2. The molecular formula is C13H12N2O2. The van der Waals surface area contributed by atoms with Gasteiger partial charge in [0.25, 0.3) is 0 Å². The fourth-order valence-corrected chi connectivity index (χ4v) is 1.53. The first-order valence-electron chi connectivity index (χ1n) is 5.39. The number of nitrogens with one attached hydrogen (secondary N) is 1. The summed E-state index contributed by atoms with van der Waals surface area (Å²) in [5.41, 5.74) is 1.89. The van der Waals surface area contributed by atoms with Crippen molar-refractivity contribution in [2.24, 2.45) is 0 Å². The number of rotatable bonds is 3. The number of nitrogens with zero attached hydrogens (tertiary/aromatic N) is 1. The average Bonchev–Trinajstić information content (AvgIpc) is 2.38. The molecule has 2 rings (SSSR count). The summed E-state index contributed by atoms with van der Waals surface area (Å²) in [4.78, 5) is 26.0. The van der Waals surface area contributed by atoms with Crippen molar-refractivity contribution in [1.82, 2.24) is 4.98 Å². The van der Waals surface area contributed by atoms with Gasteiger partial charge in [-0.1, -0.05) is 13.0 Å². The van der Waals surface area contributed by atoms with Crippen molar-refractivity contribution in [3.8, 4) is 0 Å². The van der Waals surface area contributed by atoms with Crippen molar-refractivity contribution < 1.29 is 9.59 Å². The highest BCUT2D eigenvalue weighted by molar-refractivity contribution is 5.93. The lowest BCUT2D eigenvalue weighted by atomic mass is 10.2. The number of hydrogen-bond donors (Lipinski definition) is 1. The van der Waals surface area contributed by atoms with E-state index < -0.39 is 0 Å². The first-order chi connectivity index (χ1) is 8.22. The first kappa shape index (κ1) is 11.3. The molecule has 0 unspecified atom stereocenters. The summed E-state index contributed by atoms with van der Waals surface area (Å²) >= 11 is 0. The van der Waals surface area contributed by atoms with Crippen molar-refractivity contribution in [1.29, 1.82) is 0 Å². The van der Waals surface area contributed by atoms with Crippen molar-refractivity contribution in [2.75, 3.05) is 5.32 Å². The summed E-state index contributed by atoms with van der Waals surface area (Å²) in [6.45, 7) is 1.80. The predicted molar refractivity (Wildman–Crippen MR) is 66.1 cm³/mol. The molecule has 1 aromatic carbocycles. The number of pyridine rings is 1. The average molecular weight is 228 g/mol. The molecule has 1 heterocycles. The van der Waals surface area contributed by atoms with Gasteiger partial charge in [0.2, 0.25) is 5.91 Å². The Labute approximate surface area is 98.7 Å². The maximum Gasteiger partial charge on any atom is 0.224 e. The molecule has 17 heavy (non-hydrogen) atoms. The molecule has 0 aliphatic rings. The van der Waals surface area contributed by atoms with Gasteiger partial charge in [-0.2, -0.15) is 0 Å². The van der Waals surface area contributed by atoms with E-state index in [2.05, 4.69) is 10.3 Å². The topological polar surface area (TPSA) is 59.1 Å². The van der Waals surface area contributed by atoms with Gasteiger partial charge in [0, 0.05) is 17.5 Å². The predicted octanol–water partition coefficient (Wildman–Crippen LogP) is 2.40. The minimum absolute atomic E-state index is 0.0261. The number of carbonyl (C=O) groups excluding carboxylic acids is 2. The van der Waals surface area contributed by atoms with Crippen LogP contribution in [-0.4, -0.2) is 17.2 Å². The number of anilines is 1. The second-order valence-electron chi connectivity index (χ2n) is 3.66. The molecule has 0 aliphatic heterocycles. The van der Waals surface area contributed by atoms with Gasteiger partial charge in [-0.05, 0) is 24.3 Å². The molecule has 2 aromatic rings. The Morgan fingerprint density at radius 2 is 2.18 bits per heavy atom. The minimum atomic E-state index is -0.0261. The zero-order valence-electron chi connectivity index (χ0n) is 9.43. The zero-order chi connectivity index (χ0) is 12.3. The molecule has 1 amide bonds.